The Labute approximate surface area is 151 Å². The molecule has 2 aromatic carbocycles. The lowest BCUT2D eigenvalue weighted by molar-refractivity contribution is -0.116. The van der Waals surface area contributed by atoms with Gasteiger partial charge in [0.2, 0.25) is 5.91 Å². The minimum atomic E-state index is -0.472. The molecule has 0 fully saturated rings. The van der Waals surface area contributed by atoms with Gasteiger partial charge in [-0.25, -0.2) is 9.48 Å². The average molecular weight is 352 g/mol. The summed E-state index contributed by atoms with van der Waals surface area (Å²) in [7, 11) is 0. The van der Waals surface area contributed by atoms with Gasteiger partial charge in [-0.15, -0.1) is 5.10 Å². The van der Waals surface area contributed by atoms with Crippen molar-refractivity contribution < 1.29 is 14.3 Å². The minimum Gasteiger partial charge on any atom is -0.462 e. The summed E-state index contributed by atoms with van der Waals surface area (Å²) in [5.41, 5.74) is 4.49. The minimum absolute atomic E-state index is 0.00381. The van der Waals surface area contributed by atoms with Crippen molar-refractivity contribution in [2.75, 3.05) is 11.9 Å². The van der Waals surface area contributed by atoms with E-state index in [1.165, 1.54) is 0 Å². The van der Waals surface area contributed by atoms with Crippen LogP contribution in [0.25, 0.3) is 11.0 Å². The van der Waals surface area contributed by atoms with Gasteiger partial charge in [0.25, 0.3) is 0 Å². The van der Waals surface area contributed by atoms with Crippen LogP contribution in [0.2, 0.25) is 0 Å². The Bertz CT molecular complexity index is 978. The number of amides is 1. The third kappa shape index (κ3) is 3.56. The molecule has 134 valence electrons. The zero-order chi connectivity index (χ0) is 18.7. The third-order valence-electron chi connectivity index (χ3n) is 4.12. The second kappa shape index (κ2) is 7.35. The van der Waals surface area contributed by atoms with Crippen LogP contribution in [0.15, 0.2) is 36.4 Å². The first-order valence-electron chi connectivity index (χ1n) is 8.36. The van der Waals surface area contributed by atoms with E-state index in [2.05, 4.69) is 15.6 Å². The van der Waals surface area contributed by atoms with Crippen molar-refractivity contribution in [3.8, 4) is 0 Å². The molecular formula is C19H20N4O3. The number of anilines is 1. The summed E-state index contributed by atoms with van der Waals surface area (Å²) in [5, 5.41) is 10.9. The highest BCUT2D eigenvalue weighted by molar-refractivity contribution is 6.01. The molecule has 0 atom stereocenters. The summed E-state index contributed by atoms with van der Waals surface area (Å²) in [4.78, 5) is 24.5. The van der Waals surface area contributed by atoms with Crippen LogP contribution >= 0.6 is 0 Å². The van der Waals surface area contributed by atoms with E-state index in [1.807, 2.05) is 26.0 Å². The van der Waals surface area contributed by atoms with Gasteiger partial charge < -0.3 is 10.1 Å². The number of nitrogens with one attached hydrogen (secondary N) is 1. The van der Waals surface area contributed by atoms with Gasteiger partial charge in [-0.2, -0.15) is 0 Å². The number of esters is 1. The van der Waals surface area contributed by atoms with Gasteiger partial charge in [-0.05, 0) is 56.2 Å². The molecule has 3 aromatic rings. The van der Waals surface area contributed by atoms with Gasteiger partial charge in [0.1, 0.15) is 12.1 Å². The number of benzene rings is 2. The van der Waals surface area contributed by atoms with Crippen molar-refractivity contribution in [1.82, 2.24) is 15.0 Å². The number of para-hydroxylation sites is 1. The number of carbonyl (C=O) groups is 2. The molecule has 7 heteroatoms. The number of hydrogen-bond donors (Lipinski definition) is 1. The van der Waals surface area contributed by atoms with Gasteiger partial charge in [-0.3, -0.25) is 4.79 Å². The van der Waals surface area contributed by atoms with Crippen molar-refractivity contribution >= 4 is 28.6 Å². The number of fused-ring (bicyclic) bond motifs is 1. The summed E-state index contributed by atoms with van der Waals surface area (Å²) in [5.74, 6) is -0.771. The van der Waals surface area contributed by atoms with Crippen molar-refractivity contribution in [2.45, 2.75) is 27.3 Å². The second-order valence-electron chi connectivity index (χ2n) is 5.99. The molecule has 26 heavy (non-hydrogen) atoms. The average Bonchev–Trinajstić information content (AvgIpc) is 2.97. The zero-order valence-electron chi connectivity index (χ0n) is 14.9. The fourth-order valence-electron chi connectivity index (χ4n) is 2.64. The van der Waals surface area contributed by atoms with Crippen LogP contribution in [-0.4, -0.2) is 33.5 Å². The smallest absolute Gasteiger partial charge is 0.340 e. The number of carbonyl (C=O) groups excluding carboxylic acids is 2. The normalized spacial score (nSPS) is 10.7. The van der Waals surface area contributed by atoms with E-state index in [4.69, 9.17) is 4.74 Å². The van der Waals surface area contributed by atoms with Gasteiger partial charge in [-0.1, -0.05) is 17.3 Å². The second-order valence-corrected chi connectivity index (χ2v) is 5.99. The summed E-state index contributed by atoms with van der Waals surface area (Å²) in [6, 6.07) is 10.7. The molecule has 0 unspecified atom stereocenters. The molecule has 0 saturated carbocycles. The molecular weight excluding hydrogens is 332 g/mol. The molecule has 0 aliphatic heterocycles. The van der Waals surface area contributed by atoms with Crippen molar-refractivity contribution in [3.05, 3.63) is 53.1 Å². The summed E-state index contributed by atoms with van der Waals surface area (Å²) in [6.07, 6.45) is 0. The van der Waals surface area contributed by atoms with Crippen molar-refractivity contribution in [2.24, 2.45) is 0 Å². The molecule has 0 bridgehead atoms. The lowest BCUT2D eigenvalue weighted by atomic mass is 10.1. The van der Waals surface area contributed by atoms with Crippen LogP contribution in [0.3, 0.4) is 0 Å². The molecule has 1 N–H and O–H groups in total. The summed E-state index contributed by atoms with van der Waals surface area (Å²) >= 11 is 0. The van der Waals surface area contributed by atoms with E-state index in [1.54, 1.807) is 35.9 Å². The third-order valence-corrected chi connectivity index (χ3v) is 4.12. The first kappa shape index (κ1) is 17.6. The van der Waals surface area contributed by atoms with Gasteiger partial charge >= 0.3 is 5.97 Å². The molecule has 1 heterocycles. The maximum absolute atomic E-state index is 12.5. The molecule has 7 nitrogen and oxygen atoms in total. The molecule has 0 radical (unpaired) electrons. The summed E-state index contributed by atoms with van der Waals surface area (Å²) < 4.78 is 6.57. The number of aromatic nitrogens is 3. The standard InChI is InChI=1S/C19H20N4O3/c1-4-26-19(25)14-7-5-6-8-15(14)20-18(24)11-23-17-10-13(3)12(2)9-16(17)21-22-23/h5-10H,4,11H2,1-3H3,(H,20,24). The quantitative estimate of drug-likeness (QED) is 0.714. The largest absolute Gasteiger partial charge is 0.462 e. The van der Waals surface area contributed by atoms with E-state index >= 15 is 0 Å². The number of rotatable bonds is 5. The van der Waals surface area contributed by atoms with E-state index in [0.29, 0.717) is 11.3 Å². The van der Waals surface area contributed by atoms with E-state index < -0.39 is 5.97 Å². The lowest BCUT2D eigenvalue weighted by Crippen LogP contribution is -2.21. The highest BCUT2D eigenvalue weighted by Gasteiger charge is 2.15. The van der Waals surface area contributed by atoms with E-state index in [0.717, 1.165) is 22.2 Å². The molecule has 0 aliphatic rings. The molecule has 1 aromatic heterocycles. The van der Waals surface area contributed by atoms with E-state index in [9.17, 15) is 9.59 Å². The maximum Gasteiger partial charge on any atom is 0.340 e. The fraction of sp³-hybridized carbons (Fsp3) is 0.263. The maximum atomic E-state index is 12.5. The molecule has 0 spiro atoms. The fourth-order valence-corrected chi connectivity index (χ4v) is 2.64. The number of ether oxygens (including phenoxy) is 1. The van der Waals surface area contributed by atoms with Gasteiger partial charge in [0.05, 0.1) is 23.4 Å². The van der Waals surface area contributed by atoms with Crippen molar-refractivity contribution in [3.63, 3.8) is 0 Å². The Hall–Kier alpha value is -3.22. The Morgan fingerprint density at radius 2 is 1.88 bits per heavy atom. The van der Waals surface area contributed by atoms with Crippen LogP contribution < -0.4 is 5.32 Å². The number of aryl methyl sites for hydroxylation is 2. The van der Waals surface area contributed by atoms with E-state index in [-0.39, 0.29) is 19.1 Å². The first-order chi connectivity index (χ1) is 12.5. The van der Waals surface area contributed by atoms with Gasteiger partial charge in [0.15, 0.2) is 0 Å². The Morgan fingerprint density at radius 1 is 1.15 bits per heavy atom. The number of nitrogens with zero attached hydrogens (tertiary/aromatic N) is 3. The Balaban J connectivity index is 1.80. The predicted molar refractivity (Wildman–Crippen MR) is 98.0 cm³/mol. The molecule has 1 amide bonds. The van der Waals surface area contributed by atoms with Crippen LogP contribution in [-0.2, 0) is 16.1 Å². The van der Waals surface area contributed by atoms with Crippen LogP contribution in [0.1, 0.15) is 28.4 Å². The Kier molecular flexibility index (Phi) is 4.97. The molecule has 0 saturated heterocycles. The highest BCUT2D eigenvalue weighted by atomic mass is 16.5. The molecule has 3 rings (SSSR count). The van der Waals surface area contributed by atoms with Crippen LogP contribution in [0.4, 0.5) is 5.69 Å². The summed E-state index contributed by atoms with van der Waals surface area (Å²) in [6.45, 7) is 6.01. The van der Waals surface area contributed by atoms with Crippen LogP contribution in [0, 0.1) is 13.8 Å². The lowest BCUT2D eigenvalue weighted by Gasteiger charge is -2.10. The van der Waals surface area contributed by atoms with Crippen LogP contribution in [0.5, 0.6) is 0 Å². The first-order valence-corrected chi connectivity index (χ1v) is 8.36. The topological polar surface area (TPSA) is 86.1 Å². The Morgan fingerprint density at radius 3 is 2.65 bits per heavy atom. The molecule has 0 aliphatic carbocycles. The highest BCUT2D eigenvalue weighted by Crippen LogP contribution is 2.19. The monoisotopic (exact) mass is 352 g/mol. The number of hydrogen-bond acceptors (Lipinski definition) is 5. The SMILES string of the molecule is CCOC(=O)c1ccccc1NC(=O)Cn1nnc2cc(C)c(C)cc21. The predicted octanol–water partition coefficient (Wildman–Crippen LogP) is 2.86. The van der Waals surface area contributed by atoms with Gasteiger partial charge in [0, 0.05) is 0 Å². The zero-order valence-corrected chi connectivity index (χ0v) is 14.9. The van der Waals surface area contributed by atoms with Crippen molar-refractivity contribution in [1.29, 1.82) is 0 Å².